The number of ether oxygens (including phenoxy) is 3. The summed E-state index contributed by atoms with van der Waals surface area (Å²) in [5.74, 6) is 0.897. The molecule has 41 heavy (non-hydrogen) atoms. The van der Waals surface area contributed by atoms with Gasteiger partial charge in [0.1, 0.15) is 23.9 Å². The molecular weight excluding hydrogens is 522 g/mol. The first-order valence-electron chi connectivity index (χ1n) is 15.9. The first-order valence-corrected chi connectivity index (χ1v) is 15.9. The molecule has 230 valence electrons. The van der Waals surface area contributed by atoms with Crippen molar-refractivity contribution in [3.63, 3.8) is 0 Å². The second kappa shape index (κ2) is 10.6. The summed E-state index contributed by atoms with van der Waals surface area (Å²) in [7, 11) is 0. The number of alkyl carbamates (subject to hydrolysis) is 1. The van der Waals surface area contributed by atoms with E-state index in [0.717, 1.165) is 57.8 Å². The molecule has 11 atom stereocenters. The summed E-state index contributed by atoms with van der Waals surface area (Å²) in [6, 6.07) is -0.778. The Labute approximate surface area is 245 Å². The van der Waals surface area contributed by atoms with E-state index in [-0.39, 0.29) is 40.8 Å². The third-order valence-corrected chi connectivity index (χ3v) is 12.0. The van der Waals surface area contributed by atoms with Crippen LogP contribution in [0.3, 0.4) is 0 Å². The van der Waals surface area contributed by atoms with Crippen LogP contribution in [0.15, 0.2) is 12.2 Å². The molecule has 4 aliphatic carbocycles. The smallest absolute Gasteiger partial charge is 0.408 e. The van der Waals surface area contributed by atoms with E-state index >= 15 is 0 Å². The number of fused-ring (bicyclic) bond motifs is 5. The molecular formula is C33H51NO7. The predicted molar refractivity (Wildman–Crippen MR) is 154 cm³/mol. The van der Waals surface area contributed by atoms with Crippen LogP contribution in [0.2, 0.25) is 0 Å². The molecule has 0 aromatic rings. The fraction of sp³-hybridized carbons (Fsp3) is 0.848. The Morgan fingerprint density at radius 2 is 1.76 bits per heavy atom. The first-order chi connectivity index (χ1) is 19.1. The van der Waals surface area contributed by atoms with Crippen molar-refractivity contribution in [1.29, 1.82) is 0 Å². The van der Waals surface area contributed by atoms with Gasteiger partial charge in [-0.15, -0.1) is 0 Å². The number of carbonyl (C=O) groups excluding carboxylic acids is 3. The van der Waals surface area contributed by atoms with Crippen molar-refractivity contribution in [2.45, 2.75) is 136 Å². The summed E-state index contributed by atoms with van der Waals surface area (Å²) in [6.07, 6.45) is 11.1. The Balaban J connectivity index is 1.23. The van der Waals surface area contributed by atoms with E-state index in [9.17, 15) is 19.5 Å². The monoisotopic (exact) mass is 573 g/mol. The van der Waals surface area contributed by atoms with Gasteiger partial charge in [0.05, 0.1) is 5.60 Å². The van der Waals surface area contributed by atoms with Gasteiger partial charge in [-0.1, -0.05) is 19.9 Å². The van der Waals surface area contributed by atoms with E-state index in [1.165, 1.54) is 0 Å². The summed E-state index contributed by atoms with van der Waals surface area (Å²) >= 11 is 0. The number of rotatable bonds is 4. The minimum absolute atomic E-state index is 0.106. The summed E-state index contributed by atoms with van der Waals surface area (Å²) in [5.41, 5.74) is -1.44. The molecule has 4 saturated carbocycles. The number of hydrogen-bond donors (Lipinski definition) is 2. The van der Waals surface area contributed by atoms with Gasteiger partial charge in [-0.2, -0.15) is 0 Å². The van der Waals surface area contributed by atoms with Crippen LogP contribution in [-0.4, -0.2) is 52.6 Å². The van der Waals surface area contributed by atoms with Gasteiger partial charge in [0.25, 0.3) is 0 Å². The molecule has 1 amide bonds. The molecule has 4 fully saturated rings. The molecule has 5 rings (SSSR count). The van der Waals surface area contributed by atoms with Crippen LogP contribution in [0.25, 0.3) is 0 Å². The Morgan fingerprint density at radius 1 is 1.05 bits per heavy atom. The fourth-order valence-electron chi connectivity index (χ4n) is 9.87. The van der Waals surface area contributed by atoms with Gasteiger partial charge in [-0.3, -0.25) is 0 Å². The quantitative estimate of drug-likeness (QED) is 0.328. The Hall–Kier alpha value is -2.09. The molecule has 8 heteroatoms. The average molecular weight is 574 g/mol. The lowest BCUT2D eigenvalue weighted by Crippen LogP contribution is -2.63. The number of cyclic esters (lactones) is 1. The Bertz CT molecular complexity index is 1080. The van der Waals surface area contributed by atoms with Crippen molar-refractivity contribution in [3.8, 4) is 0 Å². The van der Waals surface area contributed by atoms with Crippen molar-refractivity contribution >= 4 is 18.0 Å². The number of esters is 2. The third-order valence-electron chi connectivity index (χ3n) is 12.0. The predicted octanol–water partition coefficient (Wildman–Crippen LogP) is 5.70. The molecule has 0 aromatic carbocycles. The molecule has 0 aromatic heterocycles. The molecule has 0 spiro atoms. The summed E-state index contributed by atoms with van der Waals surface area (Å²) in [4.78, 5) is 36.8. The minimum atomic E-state index is -0.778. The highest BCUT2D eigenvalue weighted by atomic mass is 16.6. The topological polar surface area (TPSA) is 111 Å². The van der Waals surface area contributed by atoms with Crippen LogP contribution < -0.4 is 5.32 Å². The van der Waals surface area contributed by atoms with Gasteiger partial charge >= 0.3 is 18.0 Å². The minimum Gasteiger partial charge on any atom is -0.461 e. The highest BCUT2D eigenvalue weighted by Crippen LogP contribution is 2.70. The van der Waals surface area contributed by atoms with Gasteiger partial charge in [0.2, 0.25) is 0 Å². The van der Waals surface area contributed by atoms with Crippen molar-refractivity contribution < 1.29 is 33.7 Å². The van der Waals surface area contributed by atoms with Crippen LogP contribution in [0.5, 0.6) is 0 Å². The third kappa shape index (κ3) is 5.31. The number of hydrogen-bond acceptors (Lipinski definition) is 7. The zero-order valence-electron chi connectivity index (χ0n) is 26.0. The summed E-state index contributed by atoms with van der Waals surface area (Å²) in [6.45, 7) is 13.7. The summed E-state index contributed by atoms with van der Waals surface area (Å²) < 4.78 is 16.8. The zero-order valence-corrected chi connectivity index (χ0v) is 26.0. The van der Waals surface area contributed by atoms with Gasteiger partial charge in [-0.05, 0) is 121 Å². The second-order valence-corrected chi connectivity index (χ2v) is 15.3. The number of aliphatic hydroxyl groups is 1. The Morgan fingerprint density at radius 3 is 2.44 bits per heavy atom. The molecule has 0 radical (unpaired) electrons. The maximum atomic E-state index is 12.8. The maximum absolute atomic E-state index is 12.8. The van der Waals surface area contributed by atoms with Crippen LogP contribution in [0, 0.1) is 40.4 Å². The van der Waals surface area contributed by atoms with Gasteiger partial charge < -0.3 is 24.6 Å². The average Bonchev–Trinajstić information content (AvgIpc) is 3.14. The lowest BCUT2D eigenvalue weighted by atomic mass is 9.43. The van der Waals surface area contributed by atoms with E-state index in [0.29, 0.717) is 17.8 Å². The normalized spacial score (nSPS) is 44.5. The SMILES string of the molecule is CC(NC(=O)OC(C)(C)C)C(=O)OC1CCC2(C)C(CCC3C2CCC2(C)C(C4C=CC(=O)OC4C)CCC32O)C1. The van der Waals surface area contributed by atoms with Gasteiger partial charge in [0.15, 0.2) is 0 Å². The van der Waals surface area contributed by atoms with Crippen molar-refractivity contribution in [1.82, 2.24) is 5.32 Å². The number of nitrogens with one attached hydrogen (secondary N) is 1. The van der Waals surface area contributed by atoms with E-state index in [1.807, 2.05) is 13.0 Å². The zero-order chi connectivity index (χ0) is 30.0. The molecule has 1 aliphatic heterocycles. The van der Waals surface area contributed by atoms with Crippen LogP contribution >= 0.6 is 0 Å². The molecule has 5 aliphatic rings. The highest BCUT2D eigenvalue weighted by molar-refractivity contribution is 5.83. The first kappa shape index (κ1) is 30.4. The Kier molecular flexibility index (Phi) is 7.83. The van der Waals surface area contributed by atoms with E-state index in [4.69, 9.17) is 14.2 Å². The fourth-order valence-corrected chi connectivity index (χ4v) is 9.87. The molecule has 0 bridgehead atoms. The number of carbonyl (C=O) groups is 3. The molecule has 1 heterocycles. The second-order valence-electron chi connectivity index (χ2n) is 15.3. The molecule has 11 unspecified atom stereocenters. The largest absolute Gasteiger partial charge is 0.461 e. The summed E-state index contributed by atoms with van der Waals surface area (Å²) in [5, 5.41) is 15.1. The number of amides is 1. The standard InChI is InChI=1S/C33H51NO7/c1-19(34-29(37)41-30(3,4)5)28(36)40-22-12-15-31(6)21(18-22)8-10-26-25(31)13-16-32(7)24(14-17-33(26,32)38)23-9-11-27(35)39-20(23)2/h9,11,19-26,38H,8,10,12-18H2,1-7H3,(H,34,37). The van der Waals surface area contributed by atoms with E-state index in [1.54, 1.807) is 33.8 Å². The molecule has 8 nitrogen and oxygen atoms in total. The van der Waals surface area contributed by atoms with Crippen LogP contribution in [0.4, 0.5) is 4.79 Å². The van der Waals surface area contributed by atoms with Crippen molar-refractivity contribution in [2.24, 2.45) is 40.4 Å². The highest BCUT2D eigenvalue weighted by Gasteiger charge is 2.68. The lowest BCUT2D eigenvalue weighted by molar-refractivity contribution is -0.216. The van der Waals surface area contributed by atoms with Crippen LogP contribution in [-0.2, 0) is 23.8 Å². The molecule has 0 saturated heterocycles. The van der Waals surface area contributed by atoms with Gasteiger partial charge in [0, 0.05) is 17.4 Å². The van der Waals surface area contributed by atoms with Crippen molar-refractivity contribution in [2.75, 3.05) is 0 Å². The van der Waals surface area contributed by atoms with E-state index < -0.39 is 29.3 Å². The van der Waals surface area contributed by atoms with Crippen molar-refractivity contribution in [3.05, 3.63) is 12.2 Å². The van der Waals surface area contributed by atoms with Gasteiger partial charge in [-0.25, -0.2) is 14.4 Å². The van der Waals surface area contributed by atoms with Crippen LogP contribution in [0.1, 0.15) is 106 Å². The van der Waals surface area contributed by atoms with E-state index in [2.05, 4.69) is 19.2 Å². The lowest BCUT2D eigenvalue weighted by Gasteiger charge is -2.64. The molecule has 2 N–H and O–H groups in total. The maximum Gasteiger partial charge on any atom is 0.408 e.